The Morgan fingerprint density at radius 2 is 0.436 bits per heavy atom. The molecule has 12 aliphatic heterocycles. The van der Waals surface area contributed by atoms with Crippen LogP contribution in [0.2, 0.25) is 0 Å². The van der Waals surface area contributed by atoms with Crippen LogP contribution in [0, 0.1) is 34.0 Å². The van der Waals surface area contributed by atoms with Gasteiger partial charge in [-0.1, -0.05) is 166 Å². The fraction of sp³-hybridized carbons (Fsp3) is 1.00. The van der Waals surface area contributed by atoms with Crippen molar-refractivity contribution < 1.29 is 4.74 Å². The number of likely N-dealkylation sites (tertiary alicyclic amines) is 11. The lowest BCUT2D eigenvalue weighted by Crippen LogP contribution is -2.58. The minimum atomic E-state index is 0.161. The van der Waals surface area contributed by atoms with Crippen molar-refractivity contribution in [3.8, 4) is 0 Å². The van der Waals surface area contributed by atoms with Crippen molar-refractivity contribution in [1.82, 2.24) is 58.8 Å². The van der Waals surface area contributed by atoms with Crippen molar-refractivity contribution in [2.75, 3.05) is 157 Å². The molecule has 12 saturated heterocycles. The number of rotatable bonds is 12. The van der Waals surface area contributed by atoms with Gasteiger partial charge in [0.2, 0.25) is 0 Å². The quantitative estimate of drug-likeness (QED) is 0.187. The summed E-state index contributed by atoms with van der Waals surface area (Å²) in [7, 11) is 0. The van der Waals surface area contributed by atoms with Gasteiger partial charge in [-0.25, -0.2) is 0 Å². The topological polar surface area (TPSA) is 48.1 Å². The summed E-state index contributed by atoms with van der Waals surface area (Å²) in [6, 6.07) is 9.55. The van der Waals surface area contributed by atoms with Crippen LogP contribution in [0.4, 0.5) is 0 Å². The minimum Gasteiger partial charge on any atom is -0.372 e. The summed E-state index contributed by atoms with van der Waals surface area (Å²) < 4.78 is 6.15. The van der Waals surface area contributed by atoms with Gasteiger partial charge in [-0.2, -0.15) is 0 Å². The molecule has 0 aromatic carbocycles. The number of fused-ring (bicyclic) bond motifs is 2. The lowest BCUT2D eigenvalue weighted by molar-refractivity contribution is -0.143. The molecule has 0 bridgehead atoms. The Hall–Kier alpha value is -0.520. The highest BCUT2D eigenvalue weighted by Gasteiger charge is 2.47. The number of hydrogen-bond donors (Lipinski definition) is 0. The summed E-state index contributed by atoms with van der Waals surface area (Å²) in [6.45, 7) is 135. The number of ether oxygens (including phenoxy) is 1. The van der Waals surface area contributed by atoms with Crippen molar-refractivity contribution in [2.24, 2.45) is 34.0 Å². The summed E-state index contributed by atoms with van der Waals surface area (Å²) in [5.41, 5.74) is 2.14. The number of nitrogens with zero attached hydrogens (tertiary/aromatic N) is 12. The highest BCUT2D eigenvalue weighted by molar-refractivity contribution is 5.02. The first-order valence-corrected chi connectivity index (χ1v) is 52.3. The lowest BCUT2D eigenvalue weighted by atomic mass is 9.72. The van der Waals surface area contributed by atoms with Gasteiger partial charge in [-0.05, 0) is 336 Å². The summed E-state index contributed by atoms with van der Waals surface area (Å²) >= 11 is 0. The van der Waals surface area contributed by atoms with Crippen molar-refractivity contribution in [1.29, 1.82) is 0 Å². The van der Waals surface area contributed by atoms with Gasteiger partial charge in [0.25, 0.3) is 0 Å². The van der Waals surface area contributed by atoms with Crippen molar-refractivity contribution in [3.05, 3.63) is 0 Å². The molecule has 0 radical (unpaired) electrons. The van der Waals surface area contributed by atoms with Gasteiger partial charge in [-0.15, -0.1) is 0 Å². The maximum atomic E-state index is 6.15. The van der Waals surface area contributed by atoms with Crippen LogP contribution in [0.25, 0.3) is 0 Å². The predicted octanol–water partition coefficient (Wildman–Crippen LogP) is 25.5. The molecule has 13 heteroatoms. The molecule has 0 aromatic heterocycles. The van der Waals surface area contributed by atoms with Gasteiger partial charge < -0.3 is 48.8 Å². The summed E-state index contributed by atoms with van der Waals surface area (Å²) in [5.74, 6) is 2.87. The largest absolute Gasteiger partial charge is 0.372 e. The average molecular weight is 1670 g/mol. The third kappa shape index (κ3) is 45.2. The summed E-state index contributed by atoms with van der Waals surface area (Å²) in [6.07, 6.45) is 16.7. The van der Waals surface area contributed by atoms with Crippen LogP contribution in [-0.4, -0.2) is 300 Å². The van der Waals surface area contributed by atoms with E-state index in [-0.39, 0.29) is 5.60 Å². The van der Waals surface area contributed by atoms with Crippen LogP contribution in [0.5, 0.6) is 0 Å². The molecule has 714 valence electrons. The van der Waals surface area contributed by atoms with E-state index in [1.165, 1.54) is 214 Å². The van der Waals surface area contributed by atoms with Crippen LogP contribution < -0.4 is 0 Å². The van der Waals surface area contributed by atoms with E-state index in [1.807, 2.05) is 166 Å². The molecule has 4 spiro atoms. The molecular formula is C104H232N12O. The van der Waals surface area contributed by atoms with E-state index in [9.17, 15) is 0 Å². The van der Waals surface area contributed by atoms with Gasteiger partial charge >= 0.3 is 0 Å². The summed E-state index contributed by atoms with van der Waals surface area (Å²) in [4.78, 5) is 31.8. The Balaban J connectivity index is -0.000000300. The maximum absolute atomic E-state index is 6.15. The first-order valence-electron chi connectivity index (χ1n) is 52.3. The molecule has 2 atom stereocenters. The number of piperidine rings is 4. The van der Waals surface area contributed by atoms with E-state index >= 15 is 0 Å². The Morgan fingerprint density at radius 3 is 0.718 bits per heavy atom. The van der Waals surface area contributed by atoms with E-state index in [1.54, 1.807) is 0 Å². The fourth-order valence-electron chi connectivity index (χ4n) is 19.2. The van der Waals surface area contributed by atoms with Gasteiger partial charge in [0.1, 0.15) is 0 Å². The van der Waals surface area contributed by atoms with E-state index in [0.717, 1.165) is 104 Å². The van der Waals surface area contributed by atoms with E-state index in [0.29, 0.717) is 28.3 Å². The van der Waals surface area contributed by atoms with Crippen LogP contribution >= 0.6 is 0 Å². The second-order valence-corrected chi connectivity index (χ2v) is 36.7. The first-order chi connectivity index (χ1) is 55.8. The maximum Gasteiger partial charge on any atom is 0.0833 e. The van der Waals surface area contributed by atoms with E-state index < -0.39 is 0 Å². The second-order valence-electron chi connectivity index (χ2n) is 36.7. The van der Waals surface area contributed by atoms with Crippen molar-refractivity contribution >= 4 is 0 Å². The fourth-order valence-corrected chi connectivity index (χ4v) is 19.2. The third-order valence-corrected chi connectivity index (χ3v) is 26.7. The highest BCUT2D eigenvalue weighted by Crippen LogP contribution is 2.44. The molecule has 13 nitrogen and oxygen atoms in total. The van der Waals surface area contributed by atoms with E-state index in [2.05, 4.69) is 225 Å². The zero-order valence-corrected chi connectivity index (χ0v) is 90.5. The molecule has 0 N–H and O–H groups in total. The molecule has 0 aromatic rings. The molecule has 0 amide bonds. The standard InChI is InChI=1S/C15H30N2.C14H28N2O.C14H28N2.C13H26N2.2C12H24N2.12C2H6/c1-13(2)16-10-7-15(8-11-16)6-5-9-17(12-15)14(3)4;1-12(2)15-7-5-14(6-8-15)11-16(13(3)4)9-10-17-14;1-12(2)15-8-5-14(6-9-15)7-10-16(11-14)13(3)4;1-11(2)14-7-5-13(9-14)6-8-15(10-13)12(3)4;1-9(2)13-5-11-7-14(10(3)4)8-12(11)6-13;1-9(2)13-7-11-5-6-14(10(3)4)12(11)8-13;12*1-2/h13-14H,5-12H2,1-4H3;12-13H,5-11H2,1-4H3;12-13H,5-11H2,1-4H3;11-12H,5-10H2,1-4H3;2*9-12H,5-8H2,1-4H3;12*1-2H3. The molecule has 117 heavy (non-hydrogen) atoms. The molecule has 12 heterocycles. The van der Waals surface area contributed by atoms with Gasteiger partial charge in [0.05, 0.1) is 12.2 Å². The molecule has 0 aliphatic carbocycles. The zero-order chi connectivity index (χ0) is 92.3. The predicted molar refractivity (Wildman–Crippen MR) is 537 cm³/mol. The van der Waals surface area contributed by atoms with Crippen molar-refractivity contribution in [3.63, 3.8) is 0 Å². The van der Waals surface area contributed by atoms with Gasteiger partial charge in [-0.3, -0.25) is 14.7 Å². The highest BCUT2D eigenvalue weighted by atomic mass is 16.5. The Bertz CT molecular complexity index is 1980. The summed E-state index contributed by atoms with van der Waals surface area (Å²) in [5, 5.41) is 0. The first kappa shape index (κ1) is 127. The van der Waals surface area contributed by atoms with Gasteiger partial charge in [0.15, 0.2) is 0 Å². The second kappa shape index (κ2) is 72.5. The molecule has 12 fully saturated rings. The number of morpholine rings is 1. The molecule has 2 unspecified atom stereocenters. The van der Waals surface area contributed by atoms with Crippen LogP contribution in [0.15, 0.2) is 0 Å². The van der Waals surface area contributed by atoms with Crippen molar-refractivity contribution in [2.45, 2.75) is 494 Å². The smallest absolute Gasteiger partial charge is 0.0833 e. The lowest BCUT2D eigenvalue weighted by Gasteiger charge is -2.49. The Kier molecular flexibility index (Phi) is 78.9. The zero-order valence-electron chi connectivity index (χ0n) is 90.5. The van der Waals surface area contributed by atoms with Gasteiger partial charge in [0, 0.05) is 170 Å². The van der Waals surface area contributed by atoms with Crippen LogP contribution in [-0.2, 0) is 4.74 Å². The Morgan fingerprint density at radius 1 is 0.205 bits per heavy atom. The van der Waals surface area contributed by atoms with Crippen LogP contribution in [0.1, 0.15) is 409 Å². The molecule has 0 saturated carbocycles. The minimum absolute atomic E-state index is 0.161. The average Bonchev–Trinajstić information content (AvgIpc) is 1.77. The molecule has 12 rings (SSSR count). The third-order valence-electron chi connectivity index (χ3n) is 26.7. The number of hydrogen-bond acceptors (Lipinski definition) is 13. The van der Waals surface area contributed by atoms with Crippen LogP contribution in [0.3, 0.4) is 0 Å². The van der Waals surface area contributed by atoms with E-state index in [4.69, 9.17) is 4.74 Å². The molecule has 12 aliphatic rings. The normalized spacial score (nSPS) is 24.1. The SMILES string of the molecule is CC.CC.CC.CC.CC.CC.CC.CC.CC.CC.CC.CC.CC(C)N1CC2CCN(C(C)C)C2C1.CC(C)N1CC2CN(C(C)C)CC2C1.CC(C)N1CCC2(CC1)CCN(C(C)C)C2.CC(C)N1CCC2(CC1)CN(C(C)C)CCO2.CC(C)N1CCC2(CCCN(C(C)C)C2)CC1.CC(C)N1CCC2(CCN(C(C)C)C2)C1. The Labute approximate surface area is 744 Å². The monoisotopic (exact) mass is 1670 g/mol. The molecular weight excluding hydrogens is 1430 g/mol.